The lowest BCUT2D eigenvalue weighted by Gasteiger charge is -2.05. The Morgan fingerprint density at radius 2 is 2.20 bits per heavy atom. The van der Waals surface area contributed by atoms with Crippen LogP contribution in [0.4, 0.5) is 0 Å². The molecule has 0 bridgehead atoms. The highest BCUT2D eigenvalue weighted by molar-refractivity contribution is 6.30. The normalized spacial score (nSPS) is 12.7. The van der Waals surface area contributed by atoms with E-state index in [-0.39, 0.29) is 6.04 Å². The first-order valence-corrected chi connectivity index (χ1v) is 4.96. The minimum absolute atomic E-state index is 0.00670. The van der Waals surface area contributed by atoms with E-state index in [0.717, 1.165) is 11.4 Å². The second-order valence-electron chi connectivity index (χ2n) is 3.34. The van der Waals surface area contributed by atoms with E-state index in [1.54, 1.807) is 23.3 Å². The van der Waals surface area contributed by atoms with E-state index in [2.05, 4.69) is 10.1 Å². The Labute approximate surface area is 92.7 Å². The Morgan fingerprint density at radius 3 is 2.67 bits per heavy atom. The zero-order chi connectivity index (χ0) is 10.8. The standard InChI is InChI=1S/C10H11ClN4/c1-7(12)8-2-3-10(13-4-8)15-6-9(11)5-14-15/h2-7H,12H2,1H3. The number of nitrogens with two attached hydrogens (primary N) is 1. The zero-order valence-corrected chi connectivity index (χ0v) is 9.02. The molecule has 1 atom stereocenters. The molecule has 0 spiro atoms. The van der Waals surface area contributed by atoms with Crippen LogP contribution in [0.1, 0.15) is 18.5 Å². The molecule has 0 fully saturated rings. The summed E-state index contributed by atoms with van der Waals surface area (Å²) in [4.78, 5) is 4.25. The van der Waals surface area contributed by atoms with Gasteiger partial charge in [0.25, 0.3) is 0 Å². The quantitative estimate of drug-likeness (QED) is 0.845. The predicted molar refractivity (Wildman–Crippen MR) is 59.0 cm³/mol. The molecule has 0 saturated heterocycles. The molecule has 4 nitrogen and oxygen atoms in total. The van der Waals surface area contributed by atoms with Gasteiger partial charge in [-0.1, -0.05) is 17.7 Å². The number of hydrogen-bond donors (Lipinski definition) is 1. The monoisotopic (exact) mass is 222 g/mol. The van der Waals surface area contributed by atoms with Crippen LogP contribution in [0, 0.1) is 0 Å². The predicted octanol–water partition coefficient (Wildman–Crippen LogP) is 1.94. The maximum absolute atomic E-state index is 5.76. The van der Waals surface area contributed by atoms with Crippen molar-refractivity contribution in [2.24, 2.45) is 5.73 Å². The largest absolute Gasteiger partial charge is 0.324 e. The summed E-state index contributed by atoms with van der Waals surface area (Å²) < 4.78 is 1.62. The van der Waals surface area contributed by atoms with Gasteiger partial charge in [-0.2, -0.15) is 5.10 Å². The van der Waals surface area contributed by atoms with Crippen molar-refractivity contribution in [3.63, 3.8) is 0 Å². The molecule has 5 heteroatoms. The summed E-state index contributed by atoms with van der Waals surface area (Å²) >= 11 is 5.76. The molecule has 0 aliphatic heterocycles. The summed E-state index contributed by atoms with van der Waals surface area (Å²) in [5.41, 5.74) is 6.72. The molecular formula is C10H11ClN4. The number of rotatable bonds is 2. The Hall–Kier alpha value is -1.39. The van der Waals surface area contributed by atoms with Crippen LogP contribution in [0.2, 0.25) is 5.02 Å². The lowest BCUT2D eigenvalue weighted by Crippen LogP contribution is -2.06. The molecule has 0 radical (unpaired) electrons. The van der Waals surface area contributed by atoms with Gasteiger partial charge in [0.05, 0.1) is 17.4 Å². The fourth-order valence-electron chi connectivity index (χ4n) is 1.23. The van der Waals surface area contributed by atoms with Crippen LogP contribution >= 0.6 is 11.6 Å². The Kier molecular flexibility index (Phi) is 2.70. The number of aromatic nitrogens is 3. The summed E-state index contributed by atoms with van der Waals surface area (Å²) in [6, 6.07) is 3.79. The third-order valence-electron chi connectivity index (χ3n) is 2.08. The molecule has 2 N–H and O–H groups in total. The van der Waals surface area contributed by atoms with Crippen LogP contribution in [-0.2, 0) is 0 Å². The first kappa shape index (κ1) is 10.1. The maximum Gasteiger partial charge on any atom is 0.153 e. The van der Waals surface area contributed by atoms with E-state index < -0.39 is 0 Å². The van der Waals surface area contributed by atoms with Crippen molar-refractivity contribution in [3.05, 3.63) is 41.3 Å². The highest BCUT2D eigenvalue weighted by Gasteiger charge is 2.02. The van der Waals surface area contributed by atoms with Crippen LogP contribution in [0.3, 0.4) is 0 Å². The lowest BCUT2D eigenvalue weighted by molar-refractivity contribution is 0.797. The van der Waals surface area contributed by atoms with Gasteiger partial charge in [-0.25, -0.2) is 9.67 Å². The summed E-state index contributed by atoms with van der Waals surface area (Å²) in [5.74, 6) is 0.728. The Morgan fingerprint density at radius 1 is 1.40 bits per heavy atom. The van der Waals surface area contributed by atoms with Crippen molar-refractivity contribution in [2.45, 2.75) is 13.0 Å². The third-order valence-corrected chi connectivity index (χ3v) is 2.28. The zero-order valence-electron chi connectivity index (χ0n) is 8.26. The summed E-state index contributed by atoms with van der Waals surface area (Å²) in [6.07, 6.45) is 5.02. The maximum atomic E-state index is 5.76. The third kappa shape index (κ3) is 2.16. The van der Waals surface area contributed by atoms with E-state index >= 15 is 0 Å². The molecule has 15 heavy (non-hydrogen) atoms. The molecule has 0 amide bonds. The van der Waals surface area contributed by atoms with E-state index in [4.69, 9.17) is 17.3 Å². The first-order valence-electron chi connectivity index (χ1n) is 4.59. The van der Waals surface area contributed by atoms with Crippen LogP contribution in [-0.4, -0.2) is 14.8 Å². The van der Waals surface area contributed by atoms with Gasteiger partial charge in [-0.15, -0.1) is 0 Å². The number of pyridine rings is 1. The second kappa shape index (κ2) is 4.00. The van der Waals surface area contributed by atoms with Gasteiger partial charge in [0.15, 0.2) is 5.82 Å². The summed E-state index contributed by atoms with van der Waals surface area (Å²) in [6.45, 7) is 1.92. The average molecular weight is 223 g/mol. The Balaban J connectivity index is 2.31. The van der Waals surface area contributed by atoms with E-state index in [9.17, 15) is 0 Å². The van der Waals surface area contributed by atoms with Gasteiger partial charge in [-0.05, 0) is 18.6 Å². The van der Waals surface area contributed by atoms with E-state index in [0.29, 0.717) is 5.02 Å². The molecule has 1 unspecified atom stereocenters. The number of nitrogens with zero attached hydrogens (tertiary/aromatic N) is 3. The smallest absolute Gasteiger partial charge is 0.153 e. The highest BCUT2D eigenvalue weighted by Crippen LogP contribution is 2.12. The van der Waals surface area contributed by atoms with Gasteiger partial charge in [0.1, 0.15) is 0 Å². The van der Waals surface area contributed by atoms with Crippen molar-refractivity contribution >= 4 is 11.6 Å². The van der Waals surface area contributed by atoms with Crippen LogP contribution in [0.5, 0.6) is 0 Å². The van der Waals surface area contributed by atoms with Crippen molar-refractivity contribution in [1.82, 2.24) is 14.8 Å². The van der Waals surface area contributed by atoms with Crippen molar-refractivity contribution < 1.29 is 0 Å². The van der Waals surface area contributed by atoms with Gasteiger partial charge in [-0.3, -0.25) is 0 Å². The topological polar surface area (TPSA) is 56.7 Å². The Bertz CT molecular complexity index is 447. The summed E-state index contributed by atoms with van der Waals surface area (Å²) in [5, 5.41) is 4.64. The van der Waals surface area contributed by atoms with Gasteiger partial charge in [0, 0.05) is 12.2 Å². The fourth-order valence-corrected chi connectivity index (χ4v) is 1.36. The van der Waals surface area contributed by atoms with Crippen LogP contribution < -0.4 is 5.73 Å². The summed E-state index contributed by atoms with van der Waals surface area (Å²) in [7, 11) is 0. The van der Waals surface area contributed by atoms with Gasteiger partial charge >= 0.3 is 0 Å². The molecule has 0 aliphatic carbocycles. The molecule has 0 saturated carbocycles. The lowest BCUT2D eigenvalue weighted by atomic mass is 10.2. The average Bonchev–Trinajstić information content (AvgIpc) is 2.65. The van der Waals surface area contributed by atoms with Gasteiger partial charge < -0.3 is 5.73 Å². The number of hydrogen-bond acceptors (Lipinski definition) is 3. The first-order chi connectivity index (χ1) is 7.16. The SMILES string of the molecule is CC(N)c1ccc(-n2cc(Cl)cn2)nc1. The number of halogens is 1. The molecule has 2 aromatic rings. The molecule has 78 valence electrons. The minimum Gasteiger partial charge on any atom is -0.324 e. The van der Waals surface area contributed by atoms with Gasteiger partial charge in [0.2, 0.25) is 0 Å². The molecule has 2 heterocycles. The molecule has 0 aliphatic rings. The molecule has 2 rings (SSSR count). The second-order valence-corrected chi connectivity index (χ2v) is 3.78. The van der Waals surface area contributed by atoms with Crippen LogP contribution in [0.15, 0.2) is 30.7 Å². The van der Waals surface area contributed by atoms with E-state index in [1.807, 2.05) is 19.1 Å². The fraction of sp³-hybridized carbons (Fsp3) is 0.200. The van der Waals surface area contributed by atoms with Crippen LogP contribution in [0.25, 0.3) is 5.82 Å². The molecule has 2 aromatic heterocycles. The molecular weight excluding hydrogens is 212 g/mol. The van der Waals surface area contributed by atoms with Crippen molar-refractivity contribution in [2.75, 3.05) is 0 Å². The molecule has 0 aromatic carbocycles. The van der Waals surface area contributed by atoms with Crippen molar-refractivity contribution in [3.8, 4) is 5.82 Å². The highest BCUT2D eigenvalue weighted by atomic mass is 35.5. The minimum atomic E-state index is -0.00670. The van der Waals surface area contributed by atoms with E-state index in [1.165, 1.54) is 0 Å². The van der Waals surface area contributed by atoms with Crippen molar-refractivity contribution in [1.29, 1.82) is 0 Å².